The first kappa shape index (κ1) is 17.0. The van der Waals surface area contributed by atoms with Crippen LogP contribution in [0.15, 0.2) is 41.3 Å². The molecule has 0 aliphatic carbocycles. The maximum Gasteiger partial charge on any atom is 0.259 e. The first-order valence-corrected chi connectivity index (χ1v) is 7.72. The third-order valence-corrected chi connectivity index (χ3v) is 3.87. The second-order valence-corrected chi connectivity index (χ2v) is 7.00. The quantitative estimate of drug-likeness (QED) is 0.946. The van der Waals surface area contributed by atoms with E-state index in [0.717, 1.165) is 11.3 Å². The number of rotatable bonds is 3. The molecule has 0 fully saturated rings. The van der Waals surface area contributed by atoms with Gasteiger partial charge in [0.25, 0.3) is 5.91 Å². The Morgan fingerprint density at radius 2 is 1.78 bits per heavy atom. The van der Waals surface area contributed by atoms with Crippen molar-refractivity contribution in [3.05, 3.63) is 69.1 Å². The van der Waals surface area contributed by atoms with Crippen LogP contribution in [0.3, 0.4) is 0 Å². The average molecular weight is 312 g/mol. The van der Waals surface area contributed by atoms with Crippen molar-refractivity contribution in [1.82, 2.24) is 9.88 Å². The van der Waals surface area contributed by atoms with Gasteiger partial charge in [0.15, 0.2) is 5.43 Å². The van der Waals surface area contributed by atoms with E-state index in [1.54, 1.807) is 18.9 Å². The van der Waals surface area contributed by atoms with Crippen LogP contribution >= 0.6 is 0 Å². The molecular weight excluding hydrogens is 288 g/mol. The molecule has 0 aliphatic rings. The number of hydrogen-bond donors (Lipinski definition) is 1. The van der Waals surface area contributed by atoms with Gasteiger partial charge < -0.3 is 9.88 Å². The monoisotopic (exact) mass is 312 g/mol. The number of pyridine rings is 1. The van der Waals surface area contributed by atoms with Crippen LogP contribution in [-0.4, -0.2) is 22.8 Å². The molecule has 1 heterocycles. The van der Waals surface area contributed by atoms with E-state index >= 15 is 0 Å². The van der Waals surface area contributed by atoms with Gasteiger partial charge in [-0.3, -0.25) is 9.59 Å². The molecule has 1 aromatic heterocycles. The zero-order chi connectivity index (χ0) is 17.2. The van der Waals surface area contributed by atoms with Gasteiger partial charge in [0, 0.05) is 31.5 Å². The Kier molecular flexibility index (Phi) is 4.73. The number of nitrogens with one attached hydrogen (secondary N) is 1. The van der Waals surface area contributed by atoms with E-state index in [1.165, 1.54) is 17.8 Å². The van der Waals surface area contributed by atoms with Gasteiger partial charge in [0.2, 0.25) is 0 Å². The molecule has 0 spiro atoms. The summed E-state index contributed by atoms with van der Waals surface area (Å²) in [5.41, 5.74) is 3.07. The van der Waals surface area contributed by atoms with E-state index in [1.807, 2.05) is 12.1 Å². The van der Waals surface area contributed by atoms with Crippen LogP contribution in [0.5, 0.6) is 0 Å². The smallest absolute Gasteiger partial charge is 0.259 e. The van der Waals surface area contributed by atoms with Crippen molar-refractivity contribution in [2.45, 2.75) is 39.7 Å². The van der Waals surface area contributed by atoms with Crippen molar-refractivity contribution in [1.29, 1.82) is 0 Å². The largest absolute Gasteiger partial charge is 0.364 e. The molecule has 0 saturated carbocycles. The third kappa shape index (κ3) is 4.09. The Morgan fingerprint density at radius 3 is 2.30 bits per heavy atom. The maximum atomic E-state index is 12.4. The Balaban J connectivity index is 2.13. The highest BCUT2D eigenvalue weighted by Gasteiger charge is 2.16. The highest BCUT2D eigenvalue weighted by Crippen LogP contribution is 2.22. The van der Waals surface area contributed by atoms with Crippen molar-refractivity contribution >= 4 is 5.91 Å². The van der Waals surface area contributed by atoms with Crippen molar-refractivity contribution < 1.29 is 4.79 Å². The predicted molar refractivity (Wildman–Crippen MR) is 92.7 cm³/mol. The molecule has 0 saturated heterocycles. The van der Waals surface area contributed by atoms with E-state index in [4.69, 9.17) is 0 Å². The number of carbonyl (C=O) groups is 1. The van der Waals surface area contributed by atoms with Gasteiger partial charge in [-0.2, -0.15) is 0 Å². The second-order valence-electron chi connectivity index (χ2n) is 7.00. The van der Waals surface area contributed by atoms with Crippen molar-refractivity contribution in [2.24, 2.45) is 0 Å². The summed E-state index contributed by atoms with van der Waals surface area (Å²) >= 11 is 0. The summed E-state index contributed by atoms with van der Waals surface area (Å²) in [4.78, 5) is 28.8. The third-order valence-electron chi connectivity index (χ3n) is 3.87. The van der Waals surface area contributed by atoms with E-state index in [2.05, 4.69) is 37.9 Å². The lowest BCUT2D eigenvalue weighted by Gasteiger charge is -2.21. The van der Waals surface area contributed by atoms with Crippen LogP contribution in [0, 0.1) is 6.92 Å². The molecule has 4 nitrogen and oxygen atoms in total. The number of aromatic amines is 1. The summed E-state index contributed by atoms with van der Waals surface area (Å²) in [6, 6.07) is 9.69. The summed E-state index contributed by atoms with van der Waals surface area (Å²) < 4.78 is 0. The minimum absolute atomic E-state index is 0.107. The van der Waals surface area contributed by atoms with Crippen molar-refractivity contribution in [2.75, 3.05) is 7.05 Å². The minimum atomic E-state index is -0.272. The van der Waals surface area contributed by atoms with Crippen LogP contribution in [0.25, 0.3) is 0 Å². The number of hydrogen-bond acceptors (Lipinski definition) is 2. The Hall–Kier alpha value is -2.36. The number of benzene rings is 1. The highest BCUT2D eigenvalue weighted by molar-refractivity contribution is 5.93. The molecule has 0 radical (unpaired) electrons. The molecule has 1 amide bonds. The van der Waals surface area contributed by atoms with Gasteiger partial charge in [-0.1, -0.05) is 45.0 Å². The van der Waals surface area contributed by atoms with Crippen LogP contribution in [-0.2, 0) is 12.0 Å². The van der Waals surface area contributed by atoms with Gasteiger partial charge in [-0.25, -0.2) is 0 Å². The Bertz CT molecular complexity index is 752. The second kappa shape index (κ2) is 6.41. The maximum absolute atomic E-state index is 12.4. The normalized spacial score (nSPS) is 11.3. The van der Waals surface area contributed by atoms with Crippen molar-refractivity contribution in [3.63, 3.8) is 0 Å². The number of amides is 1. The SMILES string of the molecule is Cc1cc(=O)c(C(=O)N(C)Cc2ccc(C(C)(C)C)cc2)c[nH]1. The zero-order valence-electron chi connectivity index (χ0n) is 14.4. The van der Waals surface area contributed by atoms with Gasteiger partial charge in [0.1, 0.15) is 5.56 Å². The molecule has 122 valence electrons. The number of aryl methyl sites for hydroxylation is 1. The molecule has 0 atom stereocenters. The molecule has 2 rings (SSSR count). The lowest BCUT2D eigenvalue weighted by molar-refractivity contribution is 0.0783. The van der Waals surface area contributed by atoms with Crippen molar-refractivity contribution in [3.8, 4) is 0 Å². The summed E-state index contributed by atoms with van der Waals surface area (Å²) in [5.74, 6) is -0.272. The van der Waals surface area contributed by atoms with Crippen LogP contribution in [0.4, 0.5) is 0 Å². The van der Waals surface area contributed by atoms with Gasteiger partial charge in [0.05, 0.1) is 0 Å². The number of aromatic nitrogens is 1. The van der Waals surface area contributed by atoms with E-state index < -0.39 is 0 Å². The van der Waals surface area contributed by atoms with E-state index in [0.29, 0.717) is 6.54 Å². The summed E-state index contributed by atoms with van der Waals surface area (Å²) in [5, 5.41) is 0. The van der Waals surface area contributed by atoms with Crippen LogP contribution < -0.4 is 5.43 Å². The standard InChI is InChI=1S/C19H24N2O2/c1-13-10-17(22)16(11-20-13)18(23)21(5)12-14-6-8-15(9-7-14)19(2,3)4/h6-11H,12H2,1-5H3,(H,20,22). The van der Waals surface area contributed by atoms with Gasteiger partial charge >= 0.3 is 0 Å². The molecule has 0 aliphatic heterocycles. The Morgan fingerprint density at radius 1 is 1.17 bits per heavy atom. The average Bonchev–Trinajstić information content (AvgIpc) is 2.46. The van der Waals surface area contributed by atoms with E-state index in [9.17, 15) is 9.59 Å². The molecular formula is C19H24N2O2. The molecule has 0 bridgehead atoms. The first-order valence-electron chi connectivity index (χ1n) is 7.72. The molecule has 0 unspecified atom stereocenters. The fourth-order valence-corrected chi connectivity index (χ4v) is 2.40. The summed E-state index contributed by atoms with van der Waals surface area (Å²) in [6.45, 7) is 8.76. The molecule has 23 heavy (non-hydrogen) atoms. The predicted octanol–water partition coefficient (Wildman–Crippen LogP) is 3.25. The van der Waals surface area contributed by atoms with Crippen LogP contribution in [0.1, 0.15) is 48.0 Å². The van der Waals surface area contributed by atoms with Gasteiger partial charge in [-0.05, 0) is 23.5 Å². The highest BCUT2D eigenvalue weighted by atomic mass is 16.2. The topological polar surface area (TPSA) is 53.2 Å². The Labute approximate surface area is 137 Å². The minimum Gasteiger partial charge on any atom is -0.364 e. The molecule has 1 aromatic carbocycles. The zero-order valence-corrected chi connectivity index (χ0v) is 14.4. The summed E-state index contributed by atoms with van der Waals surface area (Å²) in [7, 11) is 1.71. The summed E-state index contributed by atoms with van der Waals surface area (Å²) in [6.07, 6.45) is 1.49. The van der Waals surface area contributed by atoms with E-state index in [-0.39, 0.29) is 22.3 Å². The molecule has 1 N–H and O–H groups in total. The van der Waals surface area contributed by atoms with Gasteiger partial charge in [-0.15, -0.1) is 0 Å². The number of carbonyl (C=O) groups excluding carboxylic acids is 1. The number of nitrogens with zero attached hydrogens (tertiary/aromatic N) is 1. The van der Waals surface area contributed by atoms with Crippen LogP contribution in [0.2, 0.25) is 0 Å². The fourth-order valence-electron chi connectivity index (χ4n) is 2.40. The lowest BCUT2D eigenvalue weighted by atomic mass is 9.87. The fraction of sp³-hybridized carbons (Fsp3) is 0.368. The molecule has 2 aromatic rings. The first-order chi connectivity index (χ1) is 10.7. The lowest BCUT2D eigenvalue weighted by Crippen LogP contribution is -2.30. The molecule has 4 heteroatoms. The number of H-pyrrole nitrogens is 1.